The average molecular weight is 463 g/mol. The molecule has 4 nitrogen and oxygen atoms in total. The molecule has 0 aliphatic heterocycles. The van der Waals surface area contributed by atoms with Crippen LogP contribution in [0.25, 0.3) is 0 Å². The molecule has 0 spiro atoms. The van der Waals surface area contributed by atoms with Crippen molar-refractivity contribution in [2.24, 2.45) is 5.92 Å². The highest BCUT2D eigenvalue weighted by molar-refractivity contribution is 5.70. The Morgan fingerprint density at radius 3 is 1.88 bits per heavy atom. The fourth-order valence-electron chi connectivity index (χ4n) is 4.45. The minimum Gasteiger partial charge on any atom is -0.481 e. The smallest absolute Gasteiger partial charge is 0.309 e. The minimum atomic E-state index is -0.885. The van der Waals surface area contributed by atoms with Crippen LogP contribution in [0.1, 0.15) is 122 Å². The van der Waals surface area contributed by atoms with Gasteiger partial charge in [-0.15, -0.1) is 0 Å². The van der Waals surface area contributed by atoms with E-state index in [1.54, 1.807) is 0 Å². The van der Waals surface area contributed by atoms with Crippen molar-refractivity contribution >= 4 is 5.97 Å². The largest absolute Gasteiger partial charge is 0.481 e. The third-order valence-electron chi connectivity index (χ3n) is 6.61. The fourth-order valence-corrected chi connectivity index (χ4v) is 4.45. The van der Waals surface area contributed by atoms with Gasteiger partial charge < -0.3 is 14.9 Å². The zero-order valence-corrected chi connectivity index (χ0v) is 21.4. The second-order valence-electron chi connectivity index (χ2n) is 9.63. The summed E-state index contributed by atoms with van der Waals surface area (Å²) in [5.74, 6) is -1.59. The van der Waals surface area contributed by atoms with Crippen LogP contribution in [0.15, 0.2) is 30.3 Å². The molecule has 0 fully saturated rings. The van der Waals surface area contributed by atoms with Crippen LogP contribution in [0, 0.1) is 5.92 Å². The van der Waals surface area contributed by atoms with Crippen molar-refractivity contribution in [3.05, 3.63) is 35.9 Å². The van der Waals surface area contributed by atoms with Crippen LogP contribution in [0.3, 0.4) is 0 Å². The van der Waals surface area contributed by atoms with Crippen LogP contribution in [0.4, 0.5) is 0 Å². The molecule has 3 atom stereocenters. The van der Waals surface area contributed by atoms with Gasteiger partial charge in [0, 0.05) is 6.42 Å². The van der Waals surface area contributed by atoms with E-state index in [4.69, 9.17) is 4.74 Å². The van der Waals surface area contributed by atoms with Crippen LogP contribution in [-0.4, -0.2) is 28.4 Å². The van der Waals surface area contributed by atoms with E-state index in [1.165, 1.54) is 51.4 Å². The number of carbonyl (C=O) groups is 1. The van der Waals surface area contributed by atoms with Gasteiger partial charge in [-0.2, -0.15) is 0 Å². The van der Waals surface area contributed by atoms with E-state index in [0.717, 1.165) is 44.1 Å². The molecule has 1 aromatic carbocycles. The third-order valence-corrected chi connectivity index (χ3v) is 6.61. The summed E-state index contributed by atoms with van der Waals surface area (Å²) < 4.78 is 6.19. The van der Waals surface area contributed by atoms with E-state index >= 15 is 0 Å². The highest BCUT2D eigenvalue weighted by Gasteiger charge is 2.28. The number of rotatable bonds is 22. The SMILES string of the molecule is CCCCCCCCCCCC(C[C@H](O)[C@H](CCCCCC)C(=O)O)OCc1ccccc1. The maximum Gasteiger partial charge on any atom is 0.309 e. The van der Waals surface area contributed by atoms with Crippen molar-refractivity contribution in [2.75, 3.05) is 0 Å². The summed E-state index contributed by atoms with van der Waals surface area (Å²) in [7, 11) is 0. The summed E-state index contributed by atoms with van der Waals surface area (Å²) in [4.78, 5) is 11.8. The van der Waals surface area contributed by atoms with Crippen molar-refractivity contribution < 1.29 is 19.7 Å². The first-order valence-electron chi connectivity index (χ1n) is 13.6. The van der Waals surface area contributed by atoms with Gasteiger partial charge in [0.25, 0.3) is 0 Å². The Labute approximate surface area is 203 Å². The Morgan fingerprint density at radius 1 is 0.788 bits per heavy atom. The molecule has 0 aliphatic rings. The maximum absolute atomic E-state index is 11.8. The lowest BCUT2D eigenvalue weighted by Crippen LogP contribution is -2.32. The Morgan fingerprint density at radius 2 is 1.30 bits per heavy atom. The molecule has 1 unspecified atom stereocenters. The lowest BCUT2D eigenvalue weighted by Gasteiger charge is -2.25. The maximum atomic E-state index is 11.8. The van der Waals surface area contributed by atoms with Crippen LogP contribution in [0.2, 0.25) is 0 Å². The summed E-state index contributed by atoms with van der Waals surface area (Å²) in [5.41, 5.74) is 1.11. The number of unbranched alkanes of at least 4 members (excludes halogenated alkanes) is 11. The van der Waals surface area contributed by atoms with E-state index in [1.807, 2.05) is 30.3 Å². The summed E-state index contributed by atoms with van der Waals surface area (Å²) >= 11 is 0. The summed E-state index contributed by atoms with van der Waals surface area (Å²) in [6, 6.07) is 10.1. The lowest BCUT2D eigenvalue weighted by atomic mass is 9.90. The average Bonchev–Trinajstić information content (AvgIpc) is 2.81. The predicted molar refractivity (Wildman–Crippen MR) is 137 cm³/mol. The summed E-state index contributed by atoms with van der Waals surface area (Å²) in [5, 5.41) is 20.5. The molecule has 2 N–H and O–H groups in total. The second-order valence-corrected chi connectivity index (χ2v) is 9.63. The Hall–Kier alpha value is -1.39. The first-order chi connectivity index (χ1) is 16.1. The number of aliphatic hydroxyl groups is 1. The molecule has 0 aliphatic carbocycles. The number of hydrogen-bond acceptors (Lipinski definition) is 3. The molecule has 0 saturated carbocycles. The topological polar surface area (TPSA) is 66.8 Å². The number of carboxylic acids is 1. The molecule has 0 aromatic heterocycles. The van der Waals surface area contributed by atoms with Crippen LogP contribution in [0.5, 0.6) is 0 Å². The zero-order valence-electron chi connectivity index (χ0n) is 21.4. The van der Waals surface area contributed by atoms with Crippen LogP contribution in [-0.2, 0) is 16.1 Å². The van der Waals surface area contributed by atoms with Gasteiger partial charge in [0.15, 0.2) is 0 Å². The second kappa shape index (κ2) is 20.0. The molecule has 0 heterocycles. The zero-order chi connectivity index (χ0) is 24.2. The monoisotopic (exact) mass is 462 g/mol. The number of ether oxygens (including phenoxy) is 1. The highest BCUT2D eigenvalue weighted by atomic mass is 16.5. The van der Waals surface area contributed by atoms with Crippen molar-refractivity contribution in [2.45, 2.75) is 135 Å². The van der Waals surface area contributed by atoms with Crippen molar-refractivity contribution in [1.29, 1.82) is 0 Å². The van der Waals surface area contributed by atoms with E-state index in [9.17, 15) is 15.0 Å². The number of aliphatic carboxylic acids is 1. The normalized spacial score (nSPS) is 14.2. The highest BCUT2D eigenvalue weighted by Crippen LogP contribution is 2.23. The van der Waals surface area contributed by atoms with Crippen molar-refractivity contribution in [1.82, 2.24) is 0 Å². The third kappa shape index (κ3) is 15.2. The summed E-state index contributed by atoms with van der Waals surface area (Å²) in [6.07, 6.45) is 16.4. The Bertz CT molecular complexity index is 574. The van der Waals surface area contributed by atoms with Gasteiger partial charge in [0.1, 0.15) is 0 Å². The number of aliphatic hydroxyl groups excluding tert-OH is 1. The van der Waals surface area contributed by atoms with Gasteiger partial charge >= 0.3 is 5.97 Å². The van der Waals surface area contributed by atoms with Gasteiger partial charge in [-0.3, -0.25) is 4.79 Å². The van der Waals surface area contributed by atoms with Gasteiger partial charge in [-0.1, -0.05) is 128 Å². The van der Waals surface area contributed by atoms with Gasteiger partial charge in [-0.25, -0.2) is 0 Å². The van der Waals surface area contributed by atoms with E-state index in [-0.39, 0.29) is 6.10 Å². The molecule has 1 aromatic rings. The molecular formula is C29H50O4. The van der Waals surface area contributed by atoms with E-state index in [2.05, 4.69) is 13.8 Å². The van der Waals surface area contributed by atoms with Gasteiger partial charge in [-0.05, 0) is 18.4 Å². The molecule has 0 amide bonds. The van der Waals surface area contributed by atoms with Crippen LogP contribution < -0.4 is 0 Å². The molecule has 33 heavy (non-hydrogen) atoms. The molecule has 1 rings (SSSR count). The standard InChI is InChI=1S/C29H50O4/c1-3-5-7-9-10-11-12-13-17-21-26(33-24-25-19-15-14-16-20-25)23-28(30)27(29(31)32)22-18-8-6-4-2/h14-16,19-20,26-28,30H,3-13,17-18,21-24H2,1-2H3,(H,31,32)/t26?,27-,28-/m0/s1. The van der Waals surface area contributed by atoms with Crippen LogP contribution >= 0.6 is 0 Å². The first-order valence-corrected chi connectivity index (χ1v) is 13.6. The predicted octanol–water partition coefficient (Wildman–Crippen LogP) is 7.91. The quantitative estimate of drug-likeness (QED) is 0.172. The number of benzene rings is 1. The number of carboxylic acid groups (broad SMARTS) is 1. The molecule has 4 heteroatoms. The number of hydrogen-bond donors (Lipinski definition) is 2. The first kappa shape index (κ1) is 29.6. The fraction of sp³-hybridized carbons (Fsp3) is 0.759. The Balaban J connectivity index is 2.49. The van der Waals surface area contributed by atoms with Gasteiger partial charge in [0.05, 0.1) is 24.7 Å². The lowest BCUT2D eigenvalue weighted by molar-refractivity contribution is -0.147. The van der Waals surface area contributed by atoms with Crippen molar-refractivity contribution in [3.63, 3.8) is 0 Å². The van der Waals surface area contributed by atoms with E-state index in [0.29, 0.717) is 19.4 Å². The molecule has 0 radical (unpaired) electrons. The molecular weight excluding hydrogens is 412 g/mol. The molecule has 0 bridgehead atoms. The van der Waals surface area contributed by atoms with Crippen molar-refractivity contribution in [3.8, 4) is 0 Å². The Kier molecular flexibility index (Phi) is 18.0. The minimum absolute atomic E-state index is 0.109. The van der Waals surface area contributed by atoms with E-state index < -0.39 is 18.0 Å². The summed E-state index contributed by atoms with van der Waals surface area (Å²) in [6.45, 7) is 4.90. The molecule has 190 valence electrons. The van der Waals surface area contributed by atoms with Gasteiger partial charge in [0.2, 0.25) is 0 Å². The molecule has 0 saturated heterocycles.